The van der Waals surface area contributed by atoms with E-state index in [9.17, 15) is 4.79 Å². The van der Waals surface area contributed by atoms with Gasteiger partial charge in [-0.15, -0.1) is 0 Å². The van der Waals surface area contributed by atoms with Crippen molar-refractivity contribution in [2.75, 3.05) is 0 Å². The van der Waals surface area contributed by atoms with Crippen LogP contribution in [0.4, 0.5) is 0 Å². The number of halogens is 2. The molecule has 0 saturated carbocycles. The highest BCUT2D eigenvalue weighted by molar-refractivity contribution is 6.34. The largest absolute Gasteiger partial charge is 0.347 e. The minimum absolute atomic E-state index is 0.274. The minimum atomic E-state index is -0.274. The summed E-state index contributed by atoms with van der Waals surface area (Å²) in [5, 5.41) is 11.4. The highest BCUT2D eigenvalue weighted by atomic mass is 35.5. The number of nitrogens with zero attached hydrogens (tertiary/aromatic N) is 2. The number of rotatable bonds is 3. The predicted octanol–water partition coefficient (Wildman–Crippen LogP) is 3.19. The van der Waals surface area contributed by atoms with Crippen LogP contribution >= 0.6 is 23.2 Å². The second-order valence-electron chi connectivity index (χ2n) is 4.45. The zero-order chi connectivity index (χ0) is 14.8. The molecule has 7 heteroatoms. The molecule has 0 fully saturated rings. The first-order valence-electron chi connectivity index (χ1n) is 6.15. The number of carbonyl (C=O) groups is 1. The van der Waals surface area contributed by atoms with E-state index in [1.165, 1.54) is 0 Å². The van der Waals surface area contributed by atoms with Gasteiger partial charge in [0.1, 0.15) is 0 Å². The number of nitrogens with one attached hydrogen (secondary N) is 2. The number of fused-ring (bicyclic) bond motifs is 1. The topological polar surface area (TPSA) is 70.7 Å². The molecule has 0 atom stereocenters. The smallest absolute Gasteiger partial charge is 0.272 e. The molecule has 0 aliphatic heterocycles. The molecule has 2 N–H and O–H groups in total. The zero-order valence-corrected chi connectivity index (χ0v) is 12.2. The van der Waals surface area contributed by atoms with E-state index in [2.05, 4.69) is 20.5 Å². The number of hydrogen-bond acceptors (Lipinski definition) is 3. The van der Waals surface area contributed by atoms with Crippen LogP contribution in [-0.2, 0) is 6.54 Å². The molecule has 3 aromatic rings. The van der Waals surface area contributed by atoms with Crippen molar-refractivity contribution in [1.29, 1.82) is 0 Å². The molecule has 0 radical (unpaired) electrons. The molecule has 0 bridgehead atoms. The van der Waals surface area contributed by atoms with Gasteiger partial charge in [0.15, 0.2) is 5.69 Å². The second kappa shape index (κ2) is 5.71. The van der Waals surface area contributed by atoms with Gasteiger partial charge < -0.3 is 5.32 Å². The number of pyridine rings is 1. The Morgan fingerprint density at radius 1 is 1.24 bits per heavy atom. The standard InChI is InChI=1S/C14H10Cl2N4O/c15-9-3-8(4-10(16)5-9)6-18-14(21)13-11-1-2-17-7-12(11)19-20-13/h1-5,7H,6H2,(H,18,21)(H,19,20). The summed E-state index contributed by atoms with van der Waals surface area (Å²) in [6.45, 7) is 0.318. The van der Waals surface area contributed by atoms with E-state index in [1.54, 1.807) is 36.7 Å². The van der Waals surface area contributed by atoms with E-state index in [4.69, 9.17) is 23.2 Å². The molecule has 0 aliphatic rings. The average molecular weight is 321 g/mol. The number of H-pyrrole nitrogens is 1. The molecule has 0 saturated heterocycles. The van der Waals surface area contributed by atoms with Gasteiger partial charge in [-0.1, -0.05) is 23.2 Å². The monoisotopic (exact) mass is 320 g/mol. The number of hydrogen-bond donors (Lipinski definition) is 2. The van der Waals surface area contributed by atoms with Crippen molar-refractivity contribution in [3.05, 3.63) is 58.0 Å². The lowest BCUT2D eigenvalue weighted by atomic mass is 10.2. The van der Waals surface area contributed by atoms with Gasteiger partial charge in [-0.25, -0.2) is 0 Å². The lowest BCUT2D eigenvalue weighted by Gasteiger charge is -2.05. The van der Waals surface area contributed by atoms with E-state index in [0.29, 0.717) is 27.8 Å². The Bertz CT molecular complexity index is 795. The fraction of sp³-hybridized carbons (Fsp3) is 0.0714. The van der Waals surface area contributed by atoms with Crippen molar-refractivity contribution in [3.8, 4) is 0 Å². The molecule has 5 nitrogen and oxygen atoms in total. The Morgan fingerprint density at radius 2 is 2.00 bits per heavy atom. The number of aromatic nitrogens is 3. The SMILES string of the molecule is O=C(NCc1cc(Cl)cc(Cl)c1)c1n[nH]c2cnccc12. The first-order chi connectivity index (χ1) is 10.1. The third-order valence-corrected chi connectivity index (χ3v) is 3.39. The van der Waals surface area contributed by atoms with Crippen LogP contribution in [0.1, 0.15) is 16.1 Å². The van der Waals surface area contributed by atoms with Crippen LogP contribution < -0.4 is 5.32 Å². The van der Waals surface area contributed by atoms with E-state index < -0.39 is 0 Å². The van der Waals surface area contributed by atoms with Gasteiger partial charge in [0.25, 0.3) is 5.91 Å². The maximum atomic E-state index is 12.2. The lowest BCUT2D eigenvalue weighted by Crippen LogP contribution is -2.23. The van der Waals surface area contributed by atoms with Crippen LogP contribution in [0, 0.1) is 0 Å². The van der Waals surface area contributed by atoms with Gasteiger partial charge in [0, 0.05) is 28.2 Å². The summed E-state index contributed by atoms with van der Waals surface area (Å²) in [7, 11) is 0. The van der Waals surface area contributed by atoms with Crippen LogP contribution in [0.5, 0.6) is 0 Å². The average Bonchev–Trinajstić information content (AvgIpc) is 2.88. The molecule has 0 aliphatic carbocycles. The molecule has 1 amide bonds. The third kappa shape index (κ3) is 2.99. The maximum Gasteiger partial charge on any atom is 0.272 e. The molecule has 0 unspecified atom stereocenters. The summed E-state index contributed by atoms with van der Waals surface area (Å²) >= 11 is 11.8. The number of aromatic amines is 1. The second-order valence-corrected chi connectivity index (χ2v) is 5.33. The van der Waals surface area contributed by atoms with Crippen LogP contribution in [-0.4, -0.2) is 21.1 Å². The molecule has 2 heterocycles. The zero-order valence-electron chi connectivity index (χ0n) is 10.7. The van der Waals surface area contributed by atoms with Gasteiger partial charge >= 0.3 is 0 Å². The van der Waals surface area contributed by atoms with Crippen LogP contribution in [0.25, 0.3) is 10.9 Å². The molecule has 2 aromatic heterocycles. The van der Waals surface area contributed by atoms with Gasteiger partial charge in [0.2, 0.25) is 0 Å². The van der Waals surface area contributed by atoms with Crippen molar-refractivity contribution in [1.82, 2.24) is 20.5 Å². The fourth-order valence-electron chi connectivity index (χ4n) is 2.02. The fourth-order valence-corrected chi connectivity index (χ4v) is 2.59. The van der Waals surface area contributed by atoms with Crippen LogP contribution in [0.15, 0.2) is 36.7 Å². The first-order valence-corrected chi connectivity index (χ1v) is 6.90. The summed E-state index contributed by atoms with van der Waals surface area (Å²) in [5.74, 6) is -0.274. The van der Waals surface area contributed by atoms with Crippen LogP contribution in [0.2, 0.25) is 10.0 Å². The molecule has 0 spiro atoms. The van der Waals surface area contributed by atoms with Gasteiger partial charge in [-0.05, 0) is 29.8 Å². The van der Waals surface area contributed by atoms with Crippen LogP contribution in [0.3, 0.4) is 0 Å². The Morgan fingerprint density at radius 3 is 2.76 bits per heavy atom. The molecule has 3 rings (SSSR count). The van der Waals surface area contributed by atoms with E-state index >= 15 is 0 Å². The van der Waals surface area contributed by atoms with Crippen molar-refractivity contribution in [2.45, 2.75) is 6.54 Å². The molecule has 21 heavy (non-hydrogen) atoms. The maximum absolute atomic E-state index is 12.2. The molecular formula is C14H10Cl2N4O. The summed E-state index contributed by atoms with van der Waals surface area (Å²) in [6.07, 6.45) is 3.24. The number of benzene rings is 1. The Kier molecular flexibility index (Phi) is 3.77. The highest BCUT2D eigenvalue weighted by Gasteiger charge is 2.13. The lowest BCUT2D eigenvalue weighted by molar-refractivity contribution is 0.0947. The van der Waals surface area contributed by atoms with Crippen molar-refractivity contribution in [3.63, 3.8) is 0 Å². The number of carbonyl (C=O) groups excluding carboxylic acids is 1. The Labute approximate surface area is 130 Å². The Balaban J connectivity index is 1.77. The number of amides is 1. The summed E-state index contributed by atoms with van der Waals surface area (Å²) in [6, 6.07) is 6.88. The van der Waals surface area contributed by atoms with E-state index in [-0.39, 0.29) is 5.91 Å². The predicted molar refractivity (Wildman–Crippen MR) is 81.5 cm³/mol. The van der Waals surface area contributed by atoms with Gasteiger partial charge in [-0.2, -0.15) is 5.10 Å². The van der Waals surface area contributed by atoms with E-state index in [0.717, 1.165) is 10.9 Å². The first kappa shape index (κ1) is 13.9. The molecule has 106 valence electrons. The minimum Gasteiger partial charge on any atom is -0.347 e. The Hall–Kier alpha value is -2.11. The van der Waals surface area contributed by atoms with Crippen molar-refractivity contribution < 1.29 is 4.79 Å². The molecular weight excluding hydrogens is 311 g/mol. The van der Waals surface area contributed by atoms with Gasteiger partial charge in [0.05, 0.1) is 11.7 Å². The van der Waals surface area contributed by atoms with Crippen molar-refractivity contribution in [2.24, 2.45) is 0 Å². The third-order valence-electron chi connectivity index (χ3n) is 2.95. The summed E-state index contributed by atoms with van der Waals surface area (Å²) in [5.41, 5.74) is 1.87. The molecule has 1 aromatic carbocycles. The summed E-state index contributed by atoms with van der Waals surface area (Å²) in [4.78, 5) is 16.1. The van der Waals surface area contributed by atoms with Crippen molar-refractivity contribution >= 4 is 40.0 Å². The highest BCUT2D eigenvalue weighted by Crippen LogP contribution is 2.19. The normalized spacial score (nSPS) is 10.8. The van der Waals surface area contributed by atoms with Gasteiger partial charge in [-0.3, -0.25) is 14.9 Å². The summed E-state index contributed by atoms with van der Waals surface area (Å²) < 4.78 is 0. The van der Waals surface area contributed by atoms with E-state index in [1.807, 2.05) is 0 Å². The quantitative estimate of drug-likeness (QED) is 0.778.